The van der Waals surface area contributed by atoms with Crippen LogP contribution < -0.4 is 11.1 Å². The predicted octanol–water partition coefficient (Wildman–Crippen LogP) is 2.26. The third-order valence-electron chi connectivity index (χ3n) is 3.41. The number of aliphatic imine (C=N–C) groups is 1. The quantitative estimate of drug-likeness (QED) is 0.351. The van der Waals surface area contributed by atoms with Crippen LogP contribution in [0.25, 0.3) is 0 Å². The molecule has 0 unspecified atom stereocenters. The number of nitrogens with zero attached hydrogens (tertiary/aromatic N) is 2. The lowest BCUT2D eigenvalue weighted by Gasteiger charge is -2.14. The van der Waals surface area contributed by atoms with Gasteiger partial charge in [0.2, 0.25) is 10.0 Å². The molecule has 25 heavy (non-hydrogen) atoms. The van der Waals surface area contributed by atoms with E-state index in [9.17, 15) is 8.42 Å². The van der Waals surface area contributed by atoms with Crippen molar-refractivity contribution in [3.8, 4) is 0 Å². The predicted molar refractivity (Wildman–Crippen MR) is 114 cm³/mol. The summed E-state index contributed by atoms with van der Waals surface area (Å²) in [6, 6.07) is 10.9. The first-order chi connectivity index (χ1) is 11.4. The first-order valence-corrected chi connectivity index (χ1v) is 9.80. The number of halogens is 1. The van der Waals surface area contributed by atoms with E-state index in [2.05, 4.69) is 16.4 Å². The molecule has 0 aliphatic rings. The van der Waals surface area contributed by atoms with Gasteiger partial charge < -0.3 is 11.1 Å². The van der Waals surface area contributed by atoms with Crippen molar-refractivity contribution in [3.63, 3.8) is 0 Å². The highest BCUT2D eigenvalue weighted by molar-refractivity contribution is 14.0. The van der Waals surface area contributed by atoms with E-state index in [0.717, 1.165) is 6.42 Å². The molecule has 1 aromatic heterocycles. The number of benzene rings is 1. The Morgan fingerprint density at radius 2 is 1.96 bits per heavy atom. The monoisotopic (exact) mass is 494 g/mol. The summed E-state index contributed by atoms with van der Waals surface area (Å²) < 4.78 is 25.9. The van der Waals surface area contributed by atoms with Crippen LogP contribution in [0.15, 0.2) is 51.7 Å². The number of nitrogens with one attached hydrogen (secondary N) is 1. The van der Waals surface area contributed by atoms with Crippen LogP contribution in [0.3, 0.4) is 0 Å². The van der Waals surface area contributed by atoms with Crippen LogP contribution in [-0.2, 0) is 23.0 Å². The van der Waals surface area contributed by atoms with Crippen molar-refractivity contribution in [3.05, 3.63) is 52.2 Å². The maximum absolute atomic E-state index is 12.3. The van der Waals surface area contributed by atoms with E-state index in [1.165, 1.54) is 23.3 Å². The highest BCUT2D eigenvalue weighted by Crippen LogP contribution is 2.19. The van der Waals surface area contributed by atoms with Gasteiger partial charge in [0, 0.05) is 25.5 Å². The minimum atomic E-state index is -3.50. The minimum Gasteiger partial charge on any atom is -0.370 e. The molecule has 3 N–H and O–H groups in total. The molecule has 0 aliphatic carbocycles. The molecule has 6 nitrogen and oxygen atoms in total. The van der Waals surface area contributed by atoms with E-state index < -0.39 is 10.0 Å². The molecule has 1 heterocycles. The van der Waals surface area contributed by atoms with Gasteiger partial charge >= 0.3 is 0 Å². The molecule has 138 valence electrons. The van der Waals surface area contributed by atoms with Gasteiger partial charge in [-0.3, -0.25) is 0 Å². The Balaban J connectivity index is 0.00000312. The third-order valence-corrected chi connectivity index (χ3v) is 6.26. The molecule has 0 amide bonds. The molecule has 0 saturated heterocycles. The van der Waals surface area contributed by atoms with Gasteiger partial charge in [-0.25, -0.2) is 17.7 Å². The van der Waals surface area contributed by atoms with E-state index in [1.807, 2.05) is 11.4 Å². The van der Waals surface area contributed by atoms with Crippen molar-refractivity contribution < 1.29 is 8.42 Å². The molecule has 0 spiro atoms. The van der Waals surface area contributed by atoms with Gasteiger partial charge in [0.05, 0.1) is 11.4 Å². The summed E-state index contributed by atoms with van der Waals surface area (Å²) in [5, 5.41) is 5.08. The summed E-state index contributed by atoms with van der Waals surface area (Å²) in [7, 11) is -0.478. The number of hydrogen-bond donors (Lipinski definition) is 2. The molecule has 2 aromatic rings. The van der Waals surface area contributed by atoms with Crippen molar-refractivity contribution in [1.29, 1.82) is 0 Å². The van der Waals surface area contributed by atoms with Gasteiger partial charge in [0.15, 0.2) is 5.96 Å². The lowest BCUT2D eigenvalue weighted by molar-refractivity contribution is 0.519. The lowest BCUT2D eigenvalue weighted by Crippen LogP contribution is -2.33. The molecule has 0 atom stereocenters. The van der Waals surface area contributed by atoms with Gasteiger partial charge in [0.25, 0.3) is 0 Å². The zero-order valence-corrected chi connectivity index (χ0v) is 18.1. The summed E-state index contributed by atoms with van der Waals surface area (Å²) in [6.45, 7) is 0.897. The van der Waals surface area contributed by atoms with Gasteiger partial charge in [0.1, 0.15) is 0 Å². The Kier molecular flexibility index (Phi) is 8.83. The van der Waals surface area contributed by atoms with Crippen molar-refractivity contribution >= 4 is 51.3 Å². The molecule has 9 heteroatoms. The summed E-state index contributed by atoms with van der Waals surface area (Å²) >= 11 is 1.70. The van der Waals surface area contributed by atoms with Crippen molar-refractivity contribution in [2.45, 2.75) is 17.9 Å². The lowest BCUT2D eigenvalue weighted by atomic mass is 10.2. The van der Waals surface area contributed by atoms with Crippen LogP contribution in [0.1, 0.15) is 10.4 Å². The van der Waals surface area contributed by atoms with Crippen LogP contribution in [0, 0.1) is 0 Å². The Labute approximate surface area is 170 Å². The fraction of sp³-hybridized carbons (Fsp3) is 0.312. The SMILES string of the molecule is CN(C)S(=O)(=O)c1ccccc1CN=C(N)NCCc1cccs1.I. The fourth-order valence-electron chi connectivity index (χ4n) is 2.08. The number of guanidine groups is 1. The first-order valence-electron chi connectivity index (χ1n) is 7.48. The average molecular weight is 494 g/mol. The van der Waals surface area contributed by atoms with Gasteiger partial charge in [-0.1, -0.05) is 24.3 Å². The topological polar surface area (TPSA) is 87.8 Å². The Morgan fingerprint density at radius 1 is 1.24 bits per heavy atom. The number of nitrogens with two attached hydrogens (primary N) is 1. The Bertz CT molecular complexity index is 790. The molecule has 0 saturated carbocycles. The second-order valence-electron chi connectivity index (χ2n) is 5.35. The number of sulfonamides is 1. The van der Waals surface area contributed by atoms with E-state index >= 15 is 0 Å². The van der Waals surface area contributed by atoms with Crippen LogP contribution in [0.2, 0.25) is 0 Å². The smallest absolute Gasteiger partial charge is 0.242 e. The van der Waals surface area contributed by atoms with E-state index in [0.29, 0.717) is 18.1 Å². The van der Waals surface area contributed by atoms with E-state index in [4.69, 9.17) is 5.73 Å². The first kappa shape index (κ1) is 21.9. The maximum atomic E-state index is 12.3. The summed E-state index contributed by atoms with van der Waals surface area (Å²) in [4.78, 5) is 5.78. The van der Waals surface area contributed by atoms with Crippen LogP contribution >= 0.6 is 35.3 Å². The zero-order valence-electron chi connectivity index (χ0n) is 14.2. The average Bonchev–Trinajstić information content (AvgIpc) is 3.06. The van der Waals surface area contributed by atoms with Crippen molar-refractivity contribution in [2.24, 2.45) is 10.7 Å². The molecule has 2 rings (SSSR count). The summed E-state index contributed by atoms with van der Waals surface area (Å²) in [5.41, 5.74) is 6.48. The molecular formula is C16H23IN4O2S2. The molecule has 0 fully saturated rings. The molecule has 0 bridgehead atoms. The van der Waals surface area contributed by atoms with E-state index in [1.54, 1.807) is 35.6 Å². The zero-order chi connectivity index (χ0) is 17.6. The summed E-state index contributed by atoms with van der Waals surface area (Å²) in [5.74, 6) is 0.309. The van der Waals surface area contributed by atoms with Gasteiger partial charge in [-0.15, -0.1) is 35.3 Å². The van der Waals surface area contributed by atoms with Crippen molar-refractivity contribution in [1.82, 2.24) is 9.62 Å². The Hall–Kier alpha value is -1.17. The van der Waals surface area contributed by atoms with Crippen molar-refractivity contribution in [2.75, 3.05) is 20.6 Å². The standard InChI is InChI=1S/C16H22N4O2S2.HI/c1-20(2)24(21,22)15-8-4-3-6-13(15)12-19-16(17)18-10-9-14-7-5-11-23-14;/h3-8,11H,9-10,12H2,1-2H3,(H3,17,18,19);1H. The maximum Gasteiger partial charge on any atom is 0.242 e. The fourth-order valence-corrected chi connectivity index (χ4v) is 3.89. The minimum absolute atomic E-state index is 0. The van der Waals surface area contributed by atoms with Gasteiger partial charge in [-0.05, 0) is 29.5 Å². The summed E-state index contributed by atoms with van der Waals surface area (Å²) in [6.07, 6.45) is 0.874. The third kappa shape index (κ3) is 6.24. The Morgan fingerprint density at radius 3 is 2.60 bits per heavy atom. The number of rotatable bonds is 7. The highest BCUT2D eigenvalue weighted by atomic mass is 127. The van der Waals surface area contributed by atoms with Crippen LogP contribution in [-0.4, -0.2) is 39.3 Å². The molecule has 0 radical (unpaired) electrons. The molecule has 0 aliphatic heterocycles. The van der Waals surface area contributed by atoms with Gasteiger partial charge in [-0.2, -0.15) is 0 Å². The normalized spacial score (nSPS) is 12.0. The second-order valence-corrected chi connectivity index (χ2v) is 8.51. The highest BCUT2D eigenvalue weighted by Gasteiger charge is 2.20. The largest absolute Gasteiger partial charge is 0.370 e. The molecular weight excluding hydrogens is 471 g/mol. The number of hydrogen-bond acceptors (Lipinski definition) is 4. The molecule has 1 aromatic carbocycles. The van der Waals surface area contributed by atoms with E-state index in [-0.39, 0.29) is 35.4 Å². The van der Waals surface area contributed by atoms with Crippen LogP contribution in [0.4, 0.5) is 0 Å². The number of thiophene rings is 1. The van der Waals surface area contributed by atoms with Crippen LogP contribution in [0.5, 0.6) is 0 Å². The second kappa shape index (κ2) is 10.1.